The highest BCUT2D eigenvalue weighted by molar-refractivity contribution is 6.68. The fourth-order valence-electron chi connectivity index (χ4n) is 1.88. The monoisotopic (exact) mass is 413 g/mol. The first-order valence-corrected chi connectivity index (χ1v) is 8.01. The molecule has 0 saturated heterocycles. The van der Waals surface area contributed by atoms with Gasteiger partial charge >= 0.3 is 0 Å². The molecule has 0 saturated carbocycles. The molecule has 0 aliphatic carbocycles. The van der Waals surface area contributed by atoms with E-state index in [1.54, 1.807) is 5.32 Å². The van der Waals surface area contributed by atoms with Gasteiger partial charge in [-0.3, -0.25) is 30.3 Å². The van der Waals surface area contributed by atoms with Crippen molar-refractivity contribution in [2.75, 3.05) is 0 Å². The molecule has 0 bridgehead atoms. The average molecular weight is 415 g/mol. The molecule has 0 fully saturated rings. The first-order valence-electron chi connectivity index (χ1n) is 6.88. The number of nitrogens with zero attached hydrogens (tertiary/aromatic N) is 2. The lowest BCUT2D eigenvalue weighted by molar-refractivity contribution is -0.749. The molecule has 0 heterocycles. The van der Waals surface area contributed by atoms with Crippen LogP contribution in [0.2, 0.25) is 0 Å². The van der Waals surface area contributed by atoms with Gasteiger partial charge in [-0.25, -0.2) is 0 Å². The third-order valence-electron chi connectivity index (χ3n) is 2.89. The number of non-ortho nitro benzene ring substituents is 2. The number of halogens is 3. The molecule has 1 rings (SSSR count). The molecular weight excluding hydrogens is 399 g/mol. The Morgan fingerprint density at radius 2 is 1.52 bits per heavy atom. The van der Waals surface area contributed by atoms with Crippen LogP contribution in [0, 0.1) is 20.2 Å². The molecular formula is C13H16Cl3N4O5+. The number of carbonyl (C=O) groups is 1. The number of nitrogens with one attached hydrogen (secondary N) is 1. The van der Waals surface area contributed by atoms with Crippen LogP contribution < -0.4 is 10.6 Å². The molecule has 138 valence electrons. The number of nitro benzene ring substituents is 2. The fraction of sp³-hybridized carbons (Fsp3) is 0.462. The summed E-state index contributed by atoms with van der Waals surface area (Å²) in [5.41, 5.74) is -1.90. The van der Waals surface area contributed by atoms with Gasteiger partial charge in [-0.15, -0.1) is 0 Å². The molecule has 3 N–H and O–H groups in total. The average Bonchev–Trinajstić information content (AvgIpc) is 2.43. The molecule has 25 heavy (non-hydrogen) atoms. The van der Waals surface area contributed by atoms with Crippen LogP contribution in [0.5, 0.6) is 0 Å². The molecule has 0 spiro atoms. The van der Waals surface area contributed by atoms with Gasteiger partial charge in [0.15, 0.2) is 0 Å². The molecule has 0 unspecified atom stereocenters. The summed E-state index contributed by atoms with van der Waals surface area (Å²) in [5.74, 6) is -0.844. The molecule has 1 atom stereocenters. The van der Waals surface area contributed by atoms with Crippen LogP contribution in [0.1, 0.15) is 31.1 Å². The van der Waals surface area contributed by atoms with E-state index in [2.05, 4.69) is 5.32 Å². The number of hydrogen-bond donors (Lipinski definition) is 2. The Labute approximate surface area is 157 Å². The molecule has 1 aromatic rings. The van der Waals surface area contributed by atoms with Crippen molar-refractivity contribution in [2.45, 2.75) is 36.3 Å². The topological polar surface area (TPSA) is 132 Å². The molecule has 0 radical (unpaired) electrons. The Bertz CT molecular complexity index is 668. The molecule has 1 aromatic carbocycles. The Hall–Kier alpha value is -1.68. The van der Waals surface area contributed by atoms with Crippen LogP contribution in [0.25, 0.3) is 0 Å². The Balaban J connectivity index is 3.20. The minimum absolute atomic E-state index is 0.289. The molecule has 9 nitrogen and oxygen atoms in total. The third kappa shape index (κ3) is 6.62. The van der Waals surface area contributed by atoms with Gasteiger partial charge in [0, 0.05) is 12.1 Å². The highest BCUT2D eigenvalue weighted by Gasteiger charge is 2.40. The predicted octanol–water partition coefficient (Wildman–Crippen LogP) is 2.29. The maximum absolute atomic E-state index is 12.4. The van der Waals surface area contributed by atoms with E-state index in [-0.39, 0.29) is 5.56 Å². The van der Waals surface area contributed by atoms with E-state index in [1.165, 1.54) is 0 Å². The van der Waals surface area contributed by atoms with Crippen LogP contribution in [0.4, 0.5) is 11.4 Å². The summed E-state index contributed by atoms with van der Waals surface area (Å²) in [6.45, 7) is 5.46. The van der Waals surface area contributed by atoms with Gasteiger partial charge in [0.1, 0.15) is 0 Å². The lowest BCUT2D eigenvalue weighted by atomic mass is 10.1. The summed E-state index contributed by atoms with van der Waals surface area (Å²) in [7, 11) is 0. The minimum Gasteiger partial charge on any atom is -0.319 e. The van der Waals surface area contributed by atoms with E-state index in [4.69, 9.17) is 34.8 Å². The van der Waals surface area contributed by atoms with Crippen molar-refractivity contribution < 1.29 is 20.0 Å². The Morgan fingerprint density at radius 3 is 1.84 bits per heavy atom. The quantitative estimate of drug-likeness (QED) is 0.330. The lowest BCUT2D eigenvalue weighted by Crippen LogP contribution is -3.03. The molecule has 12 heteroatoms. The number of hydrogen-bond acceptors (Lipinski definition) is 5. The van der Waals surface area contributed by atoms with Gasteiger partial charge in [0.05, 0.1) is 27.0 Å². The van der Waals surface area contributed by atoms with Crippen molar-refractivity contribution in [2.24, 2.45) is 0 Å². The van der Waals surface area contributed by atoms with Gasteiger partial charge in [0.25, 0.3) is 21.1 Å². The third-order valence-corrected chi connectivity index (χ3v) is 3.60. The highest BCUT2D eigenvalue weighted by Crippen LogP contribution is 2.28. The van der Waals surface area contributed by atoms with Crippen LogP contribution in [0.3, 0.4) is 0 Å². The van der Waals surface area contributed by atoms with Crippen molar-refractivity contribution >= 4 is 52.1 Å². The smallest absolute Gasteiger partial charge is 0.277 e. The summed E-state index contributed by atoms with van der Waals surface area (Å²) < 4.78 is -1.88. The predicted molar refractivity (Wildman–Crippen MR) is 93.0 cm³/mol. The summed E-state index contributed by atoms with van der Waals surface area (Å²) >= 11 is 17.6. The SMILES string of the molecule is CC(C)(C)[NH2+][C@@H](NC(=O)c1cc([N+](=O)[O-])cc([N+](=O)[O-])c1)C(Cl)(Cl)Cl. The maximum atomic E-state index is 12.4. The summed E-state index contributed by atoms with van der Waals surface area (Å²) in [5, 5.41) is 25.8. The maximum Gasteiger partial charge on any atom is 0.277 e. The zero-order valence-electron chi connectivity index (χ0n) is 13.5. The number of benzene rings is 1. The number of quaternary nitrogens is 1. The van der Waals surface area contributed by atoms with Crippen LogP contribution in [-0.2, 0) is 0 Å². The van der Waals surface area contributed by atoms with Crippen LogP contribution in [0.15, 0.2) is 18.2 Å². The largest absolute Gasteiger partial charge is 0.319 e. The fourth-order valence-corrected chi connectivity index (χ4v) is 2.23. The van der Waals surface area contributed by atoms with E-state index < -0.39 is 42.6 Å². The van der Waals surface area contributed by atoms with E-state index >= 15 is 0 Å². The summed E-state index contributed by atoms with van der Waals surface area (Å²) in [6, 6.07) is 2.58. The van der Waals surface area contributed by atoms with E-state index in [0.29, 0.717) is 0 Å². The van der Waals surface area contributed by atoms with Gasteiger partial charge in [-0.2, -0.15) is 0 Å². The first-order chi connectivity index (χ1) is 11.2. The van der Waals surface area contributed by atoms with Crippen molar-refractivity contribution in [3.63, 3.8) is 0 Å². The minimum atomic E-state index is -1.88. The summed E-state index contributed by atoms with van der Waals surface area (Å²) in [6.07, 6.45) is -1.02. The van der Waals surface area contributed by atoms with E-state index in [0.717, 1.165) is 18.2 Å². The summed E-state index contributed by atoms with van der Waals surface area (Å²) in [4.78, 5) is 32.5. The number of carbonyl (C=O) groups excluding carboxylic acids is 1. The van der Waals surface area contributed by atoms with Crippen molar-refractivity contribution in [1.29, 1.82) is 0 Å². The number of amides is 1. The van der Waals surface area contributed by atoms with Crippen molar-refractivity contribution in [3.05, 3.63) is 44.0 Å². The standard InChI is InChI=1S/C13H15Cl3N4O5/c1-12(2,3)18-11(13(14,15)16)17-10(21)7-4-8(19(22)23)6-9(5-7)20(24)25/h4-6,11,18H,1-3H3,(H,17,21)/p+1/t11-/m1/s1. The van der Waals surface area contributed by atoms with Crippen LogP contribution in [-0.4, -0.2) is 31.3 Å². The second kappa shape index (κ2) is 7.69. The Kier molecular flexibility index (Phi) is 6.57. The normalized spacial score (nSPS) is 13.2. The van der Waals surface area contributed by atoms with Gasteiger partial charge < -0.3 is 5.32 Å². The molecule has 1 amide bonds. The number of nitro groups is 2. The van der Waals surface area contributed by atoms with Gasteiger partial charge in [-0.1, -0.05) is 34.8 Å². The first kappa shape index (κ1) is 21.4. The second-order valence-corrected chi connectivity index (χ2v) is 8.65. The number of alkyl halides is 3. The number of rotatable bonds is 5. The Morgan fingerprint density at radius 1 is 1.08 bits per heavy atom. The van der Waals surface area contributed by atoms with E-state index in [9.17, 15) is 25.0 Å². The van der Waals surface area contributed by atoms with Gasteiger partial charge in [0.2, 0.25) is 6.17 Å². The molecule has 0 aliphatic rings. The van der Waals surface area contributed by atoms with Crippen LogP contribution >= 0.6 is 34.8 Å². The molecule has 0 aliphatic heterocycles. The van der Waals surface area contributed by atoms with Crippen molar-refractivity contribution in [3.8, 4) is 0 Å². The van der Waals surface area contributed by atoms with Gasteiger partial charge in [-0.05, 0) is 20.8 Å². The van der Waals surface area contributed by atoms with Crippen molar-refractivity contribution in [1.82, 2.24) is 5.32 Å². The highest BCUT2D eigenvalue weighted by atomic mass is 35.6. The lowest BCUT2D eigenvalue weighted by Gasteiger charge is -2.29. The zero-order chi connectivity index (χ0) is 19.6. The van der Waals surface area contributed by atoms with E-state index in [1.807, 2.05) is 20.8 Å². The number of nitrogens with two attached hydrogens (primary N) is 1. The zero-order valence-corrected chi connectivity index (χ0v) is 15.7. The molecule has 0 aromatic heterocycles. The second-order valence-electron chi connectivity index (χ2n) is 6.28.